The van der Waals surface area contributed by atoms with Gasteiger partial charge in [-0.25, -0.2) is 14.6 Å². The highest BCUT2D eigenvalue weighted by molar-refractivity contribution is 5.97. The van der Waals surface area contributed by atoms with Crippen molar-refractivity contribution >= 4 is 40.9 Å². The van der Waals surface area contributed by atoms with Crippen molar-refractivity contribution in [3.63, 3.8) is 0 Å². The van der Waals surface area contributed by atoms with Gasteiger partial charge >= 0.3 is 12.1 Å². The maximum Gasteiger partial charge on any atom is 0.407 e. The average molecular weight is 765 g/mol. The van der Waals surface area contributed by atoms with E-state index in [0.29, 0.717) is 48.4 Å². The van der Waals surface area contributed by atoms with Gasteiger partial charge in [0.1, 0.15) is 35.2 Å². The van der Waals surface area contributed by atoms with Crippen LogP contribution < -0.4 is 20.1 Å². The van der Waals surface area contributed by atoms with Gasteiger partial charge in [-0.2, -0.15) is 0 Å². The minimum atomic E-state index is -1.22. The van der Waals surface area contributed by atoms with Crippen LogP contribution in [-0.4, -0.2) is 84.4 Å². The average Bonchev–Trinajstić information content (AvgIpc) is 3.72. The summed E-state index contributed by atoms with van der Waals surface area (Å²) in [6.07, 6.45) is 11.4. The summed E-state index contributed by atoms with van der Waals surface area (Å²) in [5.41, 5.74) is 1.41. The fraction of sp³-hybridized carbons (Fsp3) is 0.477. The second-order valence-electron chi connectivity index (χ2n) is 16.1. The largest absolute Gasteiger partial charge is 0.496 e. The lowest BCUT2D eigenvalue weighted by atomic mass is 9.90. The third-order valence-electron chi connectivity index (χ3n) is 11.2. The summed E-state index contributed by atoms with van der Waals surface area (Å²) in [4.78, 5) is 62.4. The fourth-order valence-corrected chi connectivity index (χ4v) is 7.98. The lowest BCUT2D eigenvalue weighted by Gasteiger charge is -2.30. The number of rotatable bonds is 4. The normalized spacial score (nSPS) is 26.7. The molecule has 3 amide bonds. The molecule has 2 aromatic carbocycles. The maximum absolute atomic E-state index is 14.7. The van der Waals surface area contributed by atoms with Gasteiger partial charge in [0, 0.05) is 46.4 Å². The Morgan fingerprint density at radius 1 is 1.05 bits per heavy atom. The monoisotopic (exact) mass is 764 g/mol. The minimum Gasteiger partial charge on any atom is -0.496 e. The Balaban J connectivity index is 1.32. The summed E-state index contributed by atoms with van der Waals surface area (Å²) < 4.78 is 23.9. The second-order valence-corrected chi connectivity index (χ2v) is 16.1. The van der Waals surface area contributed by atoms with Gasteiger partial charge < -0.3 is 34.5 Å². The Morgan fingerprint density at radius 2 is 1.88 bits per heavy atom. The maximum atomic E-state index is 14.7. The van der Waals surface area contributed by atoms with Crippen molar-refractivity contribution < 1.29 is 38.1 Å². The Labute approximate surface area is 328 Å². The molecule has 12 heteroatoms. The first kappa shape index (κ1) is 38.9. The number of hydrogen-bond donors (Lipinski definition) is 2. The van der Waals surface area contributed by atoms with E-state index in [0.717, 1.165) is 35.8 Å². The van der Waals surface area contributed by atoms with Crippen LogP contribution in [0.25, 0.3) is 28.2 Å². The molecule has 4 heterocycles. The molecule has 1 aromatic heterocycles. The highest BCUT2D eigenvalue weighted by Gasteiger charge is 2.62. The SMILES string of the molecule is CCOC(=O)[C@@]12C[C@H]1C=CCCCCC[C@@H]1NC(=O)OCC(C)(C)CC=Cc3cc4c(cc(-c5ccccc5)nc4cc3OC)O[C@@H]3C[C@@H](C(=O)N2)N(C3)C1=O. The summed E-state index contributed by atoms with van der Waals surface area (Å²) >= 11 is 0. The molecule has 296 valence electrons. The van der Waals surface area contributed by atoms with Crippen molar-refractivity contribution in [1.29, 1.82) is 0 Å². The van der Waals surface area contributed by atoms with E-state index in [1.165, 1.54) is 4.90 Å². The van der Waals surface area contributed by atoms with Crippen LogP contribution in [0.4, 0.5) is 4.79 Å². The third kappa shape index (κ3) is 8.39. The topological polar surface area (TPSA) is 145 Å². The molecule has 4 aliphatic rings. The summed E-state index contributed by atoms with van der Waals surface area (Å²) in [6, 6.07) is 13.6. The van der Waals surface area contributed by atoms with E-state index in [-0.39, 0.29) is 32.1 Å². The lowest BCUT2D eigenvalue weighted by molar-refractivity contribution is -0.150. The molecule has 5 bridgehead atoms. The van der Waals surface area contributed by atoms with Crippen molar-refractivity contribution in [2.45, 2.75) is 95.9 Å². The van der Waals surface area contributed by atoms with Crippen LogP contribution in [0, 0.1) is 11.3 Å². The fourth-order valence-electron chi connectivity index (χ4n) is 7.98. The Morgan fingerprint density at radius 3 is 2.66 bits per heavy atom. The molecule has 7 rings (SSSR count). The van der Waals surface area contributed by atoms with Crippen LogP contribution in [0.3, 0.4) is 0 Å². The van der Waals surface area contributed by atoms with E-state index in [4.69, 9.17) is 23.9 Å². The van der Waals surface area contributed by atoms with Gasteiger partial charge in [-0.05, 0) is 45.1 Å². The van der Waals surface area contributed by atoms with Crippen molar-refractivity contribution in [3.05, 3.63) is 72.3 Å². The highest BCUT2D eigenvalue weighted by Crippen LogP contribution is 2.46. The van der Waals surface area contributed by atoms with Gasteiger partial charge in [0.05, 0.1) is 38.1 Å². The van der Waals surface area contributed by atoms with Crippen molar-refractivity contribution in [3.8, 4) is 22.8 Å². The quantitative estimate of drug-likeness (QED) is 0.218. The standard InChI is InChI=1S/C44H52N4O8/c1-5-54-41(51)44-25-30(44)18-12-7-6-8-13-19-33-40(50)48-26-31(22-36(48)39(49)47-44)56-38-23-34(28-15-10-9-11-16-28)45-35-24-37(53-4)29(21-32(35)38)17-14-20-43(2,3)27-55-42(52)46-33/h9-12,14-18,21,23-24,30-31,33,36H,5-8,13,19-20,22,25-27H2,1-4H3,(H,46,52)(H,47,49)/t30-,31-,33+,36+,44-/m1/s1. The molecule has 2 N–H and O–H groups in total. The van der Waals surface area contributed by atoms with Crippen LogP contribution in [-0.2, 0) is 23.9 Å². The molecule has 12 nitrogen and oxygen atoms in total. The van der Waals surface area contributed by atoms with E-state index in [1.54, 1.807) is 14.0 Å². The van der Waals surface area contributed by atoms with Crippen LogP contribution in [0.2, 0.25) is 0 Å². The molecule has 0 spiro atoms. The second kappa shape index (κ2) is 16.4. The number of methoxy groups -OCH3 is 1. The number of cyclic esters (lactones) is 1. The minimum absolute atomic E-state index is 0.0698. The molecule has 56 heavy (non-hydrogen) atoms. The lowest BCUT2D eigenvalue weighted by Crippen LogP contribution is -2.56. The van der Waals surface area contributed by atoms with Gasteiger partial charge in [0.15, 0.2) is 0 Å². The molecule has 3 aliphatic heterocycles. The van der Waals surface area contributed by atoms with Gasteiger partial charge in [-0.3, -0.25) is 9.59 Å². The number of aromatic nitrogens is 1. The van der Waals surface area contributed by atoms with Crippen LogP contribution >= 0.6 is 0 Å². The number of nitrogens with zero attached hydrogens (tertiary/aromatic N) is 2. The van der Waals surface area contributed by atoms with Gasteiger partial charge in [-0.1, -0.05) is 81.3 Å². The number of benzene rings is 2. The third-order valence-corrected chi connectivity index (χ3v) is 11.2. The number of carbonyl (C=O) groups excluding carboxylic acids is 4. The first-order valence-electron chi connectivity index (χ1n) is 19.8. The zero-order chi connectivity index (χ0) is 39.5. The number of hydrogen-bond acceptors (Lipinski definition) is 9. The van der Waals surface area contributed by atoms with Crippen LogP contribution in [0.5, 0.6) is 11.5 Å². The molecule has 0 radical (unpaired) electrons. The molecule has 2 fully saturated rings. The zero-order valence-corrected chi connectivity index (χ0v) is 32.7. The molecule has 3 aromatic rings. The Hall–Kier alpha value is -5.39. The summed E-state index contributed by atoms with van der Waals surface area (Å²) in [5, 5.41) is 6.62. The van der Waals surface area contributed by atoms with E-state index < -0.39 is 53.0 Å². The number of nitrogens with one attached hydrogen (secondary N) is 2. The number of allylic oxidation sites excluding steroid dienone is 2. The van der Waals surface area contributed by atoms with Crippen LogP contribution in [0.15, 0.2) is 66.8 Å². The van der Waals surface area contributed by atoms with Gasteiger partial charge in [0.2, 0.25) is 11.8 Å². The van der Waals surface area contributed by atoms with E-state index >= 15 is 0 Å². The van der Waals surface area contributed by atoms with Crippen LogP contribution in [0.1, 0.15) is 77.7 Å². The number of amides is 3. The van der Waals surface area contributed by atoms with Crippen molar-refractivity contribution in [2.24, 2.45) is 11.3 Å². The summed E-state index contributed by atoms with van der Waals surface area (Å²) in [7, 11) is 1.62. The van der Waals surface area contributed by atoms with E-state index in [9.17, 15) is 19.2 Å². The number of ether oxygens (including phenoxy) is 4. The molecule has 5 atom stereocenters. The first-order chi connectivity index (χ1) is 27.0. The number of carbonyl (C=O) groups is 4. The van der Waals surface area contributed by atoms with Gasteiger partial charge in [-0.15, -0.1) is 0 Å². The molecule has 0 unspecified atom stereocenters. The highest BCUT2D eigenvalue weighted by atomic mass is 16.6. The molecular weight excluding hydrogens is 713 g/mol. The van der Waals surface area contributed by atoms with Crippen molar-refractivity contribution in [1.82, 2.24) is 20.5 Å². The van der Waals surface area contributed by atoms with E-state index in [2.05, 4.69) is 16.7 Å². The Bertz CT molecular complexity index is 2030. The molecule has 1 saturated carbocycles. The number of alkyl carbamates (subject to hydrolysis) is 1. The molecule has 1 aliphatic carbocycles. The molecule has 1 saturated heterocycles. The van der Waals surface area contributed by atoms with Crippen molar-refractivity contribution in [2.75, 3.05) is 26.9 Å². The summed E-state index contributed by atoms with van der Waals surface area (Å²) in [6.45, 7) is 6.11. The van der Waals surface area contributed by atoms with Gasteiger partial charge in [0.25, 0.3) is 0 Å². The predicted molar refractivity (Wildman–Crippen MR) is 212 cm³/mol. The summed E-state index contributed by atoms with van der Waals surface area (Å²) in [5.74, 6) is -0.414. The number of esters is 1. The number of fused-ring (bicyclic) bond motifs is 4. The molecular formula is C44H52N4O8. The number of pyridine rings is 1. The Kier molecular flexibility index (Phi) is 11.4. The zero-order valence-electron chi connectivity index (χ0n) is 32.7. The predicted octanol–water partition coefficient (Wildman–Crippen LogP) is 6.75. The smallest absolute Gasteiger partial charge is 0.407 e. The first-order valence-corrected chi connectivity index (χ1v) is 19.8. The van der Waals surface area contributed by atoms with E-state index in [1.807, 2.05) is 80.6 Å².